The highest BCUT2D eigenvalue weighted by molar-refractivity contribution is 7.16. The third-order valence-corrected chi connectivity index (χ3v) is 6.59. The summed E-state index contributed by atoms with van der Waals surface area (Å²) in [5.41, 5.74) is 1.88. The first-order valence-corrected chi connectivity index (χ1v) is 13.5. The largest absolute Gasteiger partial charge is 0.495 e. The Hall–Kier alpha value is -2.18. The Morgan fingerprint density at radius 1 is 0.971 bits per heavy atom. The molecule has 2 rings (SSSR count). The number of halogens is 1. The number of rotatable bonds is 17. The molecule has 1 aromatic carbocycles. The van der Waals surface area contributed by atoms with E-state index in [1.54, 1.807) is 13.2 Å². The number of unbranched alkanes of at least 4 members (excludes halogenated alkanes) is 1. The smallest absolute Gasteiger partial charge is 0.156 e. The lowest BCUT2D eigenvalue weighted by Crippen LogP contribution is -2.31. The average Bonchev–Trinajstić information content (AvgIpc) is 3.27. The zero-order valence-corrected chi connectivity index (χ0v) is 22.9. The van der Waals surface area contributed by atoms with Crippen LogP contribution in [0.15, 0.2) is 28.4 Å². The van der Waals surface area contributed by atoms with Crippen molar-refractivity contribution in [1.29, 1.82) is 5.26 Å². The second-order valence-electron chi connectivity index (χ2n) is 8.03. The fourth-order valence-corrected chi connectivity index (χ4v) is 4.54. The van der Waals surface area contributed by atoms with Crippen molar-refractivity contribution in [1.82, 2.24) is 0 Å². The second-order valence-corrected chi connectivity index (χ2v) is 9.56. The fraction of sp³-hybridized carbons (Fsp3) is 0.577. The van der Waals surface area contributed by atoms with Gasteiger partial charge in [-0.15, -0.1) is 21.6 Å². The van der Waals surface area contributed by atoms with Crippen molar-refractivity contribution in [2.45, 2.75) is 52.9 Å². The van der Waals surface area contributed by atoms with Crippen LogP contribution < -0.4 is 9.64 Å². The molecule has 0 aliphatic carbocycles. The molecular weight excluding hydrogens is 484 g/mol. The highest BCUT2D eigenvalue weighted by atomic mass is 35.5. The van der Waals surface area contributed by atoms with Crippen molar-refractivity contribution >= 4 is 39.3 Å². The summed E-state index contributed by atoms with van der Waals surface area (Å²) in [6.45, 7) is 10.3. The van der Waals surface area contributed by atoms with Crippen LogP contribution in [0.25, 0.3) is 0 Å². The van der Waals surface area contributed by atoms with Crippen LogP contribution in [-0.4, -0.2) is 46.6 Å². The van der Waals surface area contributed by atoms with E-state index in [9.17, 15) is 5.26 Å². The SMILES string of the molecule is CCCCc1cc(C#N)c(N=Nc2cc(OC)c(N(CCOCCC)CCOCCC)cc2Cl)s1. The van der Waals surface area contributed by atoms with E-state index in [-0.39, 0.29) is 0 Å². The molecule has 0 aliphatic rings. The van der Waals surface area contributed by atoms with Gasteiger partial charge < -0.3 is 19.1 Å². The number of nitrogens with zero attached hydrogens (tertiary/aromatic N) is 4. The average molecular weight is 521 g/mol. The molecule has 0 fully saturated rings. The van der Waals surface area contributed by atoms with Crippen molar-refractivity contribution in [3.8, 4) is 11.8 Å². The van der Waals surface area contributed by atoms with Gasteiger partial charge in [-0.3, -0.25) is 0 Å². The van der Waals surface area contributed by atoms with Gasteiger partial charge in [0.15, 0.2) is 5.00 Å². The zero-order chi connectivity index (χ0) is 25.5. The number of azo groups is 1. The van der Waals surface area contributed by atoms with Crippen molar-refractivity contribution in [3.05, 3.63) is 33.7 Å². The Balaban J connectivity index is 2.26. The molecule has 0 unspecified atom stereocenters. The number of hydrogen-bond acceptors (Lipinski definition) is 8. The number of benzene rings is 1. The summed E-state index contributed by atoms with van der Waals surface area (Å²) in [6, 6.07) is 7.75. The lowest BCUT2D eigenvalue weighted by molar-refractivity contribution is 0.129. The van der Waals surface area contributed by atoms with Gasteiger partial charge in [0.05, 0.1) is 36.6 Å². The monoisotopic (exact) mass is 520 g/mol. The molecule has 0 aliphatic heterocycles. The Morgan fingerprint density at radius 2 is 1.66 bits per heavy atom. The molecule has 0 saturated heterocycles. The fourth-order valence-electron chi connectivity index (χ4n) is 3.37. The minimum atomic E-state index is 0.458. The van der Waals surface area contributed by atoms with Crippen LogP contribution in [0.4, 0.5) is 16.4 Å². The highest BCUT2D eigenvalue weighted by Crippen LogP contribution is 2.40. The van der Waals surface area contributed by atoms with Crippen LogP contribution in [0.1, 0.15) is 56.9 Å². The molecule has 0 bridgehead atoms. The number of thiophene rings is 1. The maximum atomic E-state index is 9.48. The lowest BCUT2D eigenvalue weighted by atomic mass is 10.2. The van der Waals surface area contributed by atoms with E-state index >= 15 is 0 Å². The van der Waals surface area contributed by atoms with Gasteiger partial charge in [0.1, 0.15) is 17.5 Å². The normalized spacial score (nSPS) is 11.2. The van der Waals surface area contributed by atoms with Crippen molar-refractivity contribution in [2.75, 3.05) is 51.5 Å². The van der Waals surface area contributed by atoms with E-state index in [0.717, 1.165) is 55.9 Å². The second kappa shape index (κ2) is 16.5. The van der Waals surface area contributed by atoms with E-state index < -0.39 is 0 Å². The molecule has 0 radical (unpaired) electrons. The number of aryl methyl sites for hydroxylation is 1. The summed E-state index contributed by atoms with van der Waals surface area (Å²) in [4.78, 5) is 3.30. The third-order valence-electron chi connectivity index (χ3n) is 5.21. The molecule has 0 amide bonds. The Bertz CT molecular complexity index is 962. The minimum Gasteiger partial charge on any atom is -0.495 e. The van der Waals surface area contributed by atoms with E-state index in [1.807, 2.05) is 12.1 Å². The molecule has 0 saturated carbocycles. The maximum Gasteiger partial charge on any atom is 0.156 e. The summed E-state index contributed by atoms with van der Waals surface area (Å²) in [6.07, 6.45) is 5.08. The van der Waals surface area contributed by atoms with Gasteiger partial charge in [0.2, 0.25) is 0 Å². The Kier molecular flexibility index (Phi) is 13.7. The van der Waals surface area contributed by atoms with Gasteiger partial charge in [-0.05, 0) is 37.8 Å². The zero-order valence-electron chi connectivity index (χ0n) is 21.3. The van der Waals surface area contributed by atoms with Gasteiger partial charge in [-0.1, -0.05) is 38.8 Å². The first-order valence-electron chi connectivity index (χ1n) is 12.3. The molecule has 7 nitrogen and oxygen atoms in total. The van der Waals surface area contributed by atoms with Crippen LogP contribution in [0.3, 0.4) is 0 Å². The van der Waals surface area contributed by atoms with Crippen LogP contribution in [0.5, 0.6) is 5.75 Å². The van der Waals surface area contributed by atoms with E-state index in [1.165, 1.54) is 11.3 Å². The number of ether oxygens (including phenoxy) is 3. The molecule has 192 valence electrons. The molecule has 0 N–H and O–H groups in total. The van der Waals surface area contributed by atoms with Crippen LogP contribution in [-0.2, 0) is 15.9 Å². The van der Waals surface area contributed by atoms with Gasteiger partial charge >= 0.3 is 0 Å². The van der Waals surface area contributed by atoms with E-state index in [2.05, 4.69) is 42.0 Å². The van der Waals surface area contributed by atoms with Gasteiger partial charge in [-0.25, -0.2) is 0 Å². The molecular formula is C26H37ClN4O3S. The summed E-state index contributed by atoms with van der Waals surface area (Å²) in [7, 11) is 1.63. The van der Waals surface area contributed by atoms with E-state index in [4.69, 9.17) is 25.8 Å². The summed E-state index contributed by atoms with van der Waals surface area (Å²) >= 11 is 8.12. The van der Waals surface area contributed by atoms with Gasteiger partial charge in [-0.2, -0.15) is 5.26 Å². The Morgan fingerprint density at radius 3 is 2.23 bits per heavy atom. The molecule has 0 atom stereocenters. The molecule has 9 heteroatoms. The number of nitriles is 1. The van der Waals surface area contributed by atoms with Crippen molar-refractivity contribution in [2.24, 2.45) is 10.2 Å². The van der Waals surface area contributed by atoms with Crippen molar-refractivity contribution < 1.29 is 14.2 Å². The first kappa shape index (κ1) is 29.1. The summed E-state index contributed by atoms with van der Waals surface area (Å²) in [5, 5.41) is 19.3. The number of hydrogen-bond donors (Lipinski definition) is 0. The molecule has 1 aromatic heterocycles. The maximum absolute atomic E-state index is 9.48. The predicted molar refractivity (Wildman–Crippen MR) is 144 cm³/mol. The first-order chi connectivity index (χ1) is 17.1. The molecule has 1 heterocycles. The topological polar surface area (TPSA) is 79.4 Å². The Labute approximate surface area is 218 Å². The number of anilines is 1. The standard InChI is InChI=1S/C26H37ClN4O3S/c1-5-8-9-21-16-20(19-28)26(35-21)30-29-23-18-25(32-4)24(17-22(23)27)31(10-14-33-12-6-2)11-15-34-13-7-3/h16-18H,5-15H2,1-4H3. The van der Waals surface area contributed by atoms with Crippen LogP contribution >= 0.6 is 22.9 Å². The lowest BCUT2D eigenvalue weighted by Gasteiger charge is -2.27. The van der Waals surface area contributed by atoms with E-state index in [0.29, 0.717) is 53.3 Å². The van der Waals surface area contributed by atoms with Gasteiger partial charge in [0.25, 0.3) is 0 Å². The van der Waals surface area contributed by atoms with Crippen molar-refractivity contribution in [3.63, 3.8) is 0 Å². The summed E-state index contributed by atoms with van der Waals surface area (Å²) in [5.74, 6) is 0.643. The third kappa shape index (κ3) is 9.42. The molecule has 0 spiro atoms. The van der Waals surface area contributed by atoms with Crippen LogP contribution in [0, 0.1) is 11.3 Å². The quantitative estimate of drug-likeness (QED) is 0.158. The van der Waals surface area contributed by atoms with Gasteiger partial charge in [0, 0.05) is 37.2 Å². The number of methoxy groups -OCH3 is 1. The predicted octanol–water partition coefficient (Wildman–Crippen LogP) is 7.70. The minimum absolute atomic E-state index is 0.458. The van der Waals surface area contributed by atoms with Crippen LogP contribution in [0.2, 0.25) is 5.02 Å². The molecule has 2 aromatic rings. The highest BCUT2D eigenvalue weighted by Gasteiger charge is 2.17. The molecule has 35 heavy (non-hydrogen) atoms. The summed E-state index contributed by atoms with van der Waals surface area (Å²) < 4.78 is 17.1.